The summed E-state index contributed by atoms with van der Waals surface area (Å²) < 4.78 is 0. The standard InChI is InChI=1S/C23H29NO/c1-19(15-16-25)7-6-8-20(2)18-24-23-13-11-22(12-14-23)17-21-9-4-3-5-10-21/h3-5,8-15,24-25H,6-7,16-18H2,1-2H3/b19-15+,20-8+. The van der Waals surface area contributed by atoms with E-state index in [4.69, 9.17) is 5.11 Å². The first-order valence-electron chi connectivity index (χ1n) is 8.96. The SMILES string of the molecule is C/C(=C\CO)CC/C=C(\C)CNc1ccc(Cc2ccccc2)cc1. The minimum atomic E-state index is 0.135. The molecular weight excluding hydrogens is 306 g/mol. The first kappa shape index (κ1) is 19.0. The Kier molecular flexibility index (Phi) is 8.00. The largest absolute Gasteiger partial charge is 0.392 e. The molecule has 0 radical (unpaired) electrons. The first-order chi connectivity index (χ1) is 12.2. The van der Waals surface area contributed by atoms with Gasteiger partial charge in [-0.2, -0.15) is 0 Å². The van der Waals surface area contributed by atoms with Crippen molar-refractivity contribution in [3.63, 3.8) is 0 Å². The number of aliphatic hydroxyl groups excluding tert-OH is 1. The minimum absolute atomic E-state index is 0.135. The Bertz CT molecular complexity index is 684. The molecule has 2 N–H and O–H groups in total. The van der Waals surface area contributed by atoms with E-state index in [1.54, 1.807) is 0 Å². The molecule has 0 saturated heterocycles. The van der Waals surface area contributed by atoms with Gasteiger partial charge in [-0.25, -0.2) is 0 Å². The van der Waals surface area contributed by atoms with Crippen molar-refractivity contribution >= 4 is 5.69 Å². The summed E-state index contributed by atoms with van der Waals surface area (Å²) in [5.74, 6) is 0. The quantitative estimate of drug-likeness (QED) is 0.605. The Morgan fingerprint density at radius 3 is 2.24 bits per heavy atom. The lowest BCUT2D eigenvalue weighted by molar-refractivity contribution is 0.341. The fourth-order valence-corrected chi connectivity index (χ4v) is 2.69. The van der Waals surface area contributed by atoms with Crippen molar-refractivity contribution in [2.24, 2.45) is 0 Å². The van der Waals surface area contributed by atoms with Gasteiger partial charge in [0.1, 0.15) is 0 Å². The second kappa shape index (κ2) is 10.5. The van der Waals surface area contributed by atoms with Crippen LogP contribution in [-0.2, 0) is 6.42 Å². The Morgan fingerprint density at radius 1 is 0.880 bits per heavy atom. The zero-order valence-corrected chi connectivity index (χ0v) is 15.3. The van der Waals surface area contributed by atoms with Crippen LogP contribution in [0.15, 0.2) is 77.9 Å². The molecule has 0 aromatic heterocycles. The maximum Gasteiger partial charge on any atom is 0.0614 e. The van der Waals surface area contributed by atoms with Crippen LogP contribution in [0.4, 0.5) is 5.69 Å². The maximum absolute atomic E-state index is 8.86. The molecule has 0 spiro atoms. The molecule has 0 unspecified atom stereocenters. The van der Waals surface area contributed by atoms with Gasteiger partial charge in [0.15, 0.2) is 0 Å². The molecule has 132 valence electrons. The number of hydrogen-bond acceptors (Lipinski definition) is 2. The number of benzene rings is 2. The molecule has 0 aliphatic carbocycles. The molecule has 0 amide bonds. The molecule has 0 heterocycles. The summed E-state index contributed by atoms with van der Waals surface area (Å²) in [6.07, 6.45) is 7.14. The highest BCUT2D eigenvalue weighted by molar-refractivity contribution is 5.46. The van der Waals surface area contributed by atoms with Crippen molar-refractivity contribution in [3.05, 3.63) is 89.0 Å². The zero-order valence-electron chi connectivity index (χ0n) is 15.3. The van der Waals surface area contributed by atoms with Crippen LogP contribution in [0, 0.1) is 0 Å². The second-order valence-corrected chi connectivity index (χ2v) is 6.54. The van der Waals surface area contributed by atoms with E-state index in [1.165, 1.54) is 22.3 Å². The van der Waals surface area contributed by atoms with E-state index in [9.17, 15) is 0 Å². The van der Waals surface area contributed by atoms with Crippen molar-refractivity contribution in [3.8, 4) is 0 Å². The van der Waals surface area contributed by atoms with E-state index in [0.717, 1.165) is 31.5 Å². The minimum Gasteiger partial charge on any atom is -0.392 e. The van der Waals surface area contributed by atoms with Crippen LogP contribution < -0.4 is 5.32 Å². The Hall–Kier alpha value is -2.32. The Morgan fingerprint density at radius 2 is 1.56 bits per heavy atom. The Labute approximate surface area is 151 Å². The molecule has 0 fully saturated rings. The van der Waals surface area contributed by atoms with E-state index in [2.05, 4.69) is 79.8 Å². The van der Waals surface area contributed by atoms with Crippen molar-refractivity contribution in [1.29, 1.82) is 0 Å². The lowest BCUT2D eigenvalue weighted by Gasteiger charge is -2.08. The van der Waals surface area contributed by atoms with Gasteiger partial charge in [-0.3, -0.25) is 0 Å². The van der Waals surface area contributed by atoms with Gasteiger partial charge in [-0.05, 0) is 56.4 Å². The summed E-state index contributed by atoms with van der Waals surface area (Å²) in [6.45, 7) is 5.22. The fourth-order valence-electron chi connectivity index (χ4n) is 2.69. The summed E-state index contributed by atoms with van der Waals surface area (Å²) in [5, 5.41) is 12.3. The number of aliphatic hydroxyl groups is 1. The number of anilines is 1. The molecule has 2 rings (SSSR count). The van der Waals surface area contributed by atoms with E-state index < -0.39 is 0 Å². The molecule has 0 atom stereocenters. The van der Waals surface area contributed by atoms with Crippen molar-refractivity contribution in [2.45, 2.75) is 33.1 Å². The van der Waals surface area contributed by atoms with Crippen molar-refractivity contribution < 1.29 is 5.11 Å². The number of allylic oxidation sites excluding steroid dienone is 2. The van der Waals surface area contributed by atoms with Crippen LogP contribution in [0.3, 0.4) is 0 Å². The molecule has 0 bridgehead atoms. The van der Waals surface area contributed by atoms with E-state index >= 15 is 0 Å². The molecule has 25 heavy (non-hydrogen) atoms. The van der Waals surface area contributed by atoms with Crippen LogP contribution >= 0.6 is 0 Å². The van der Waals surface area contributed by atoms with Crippen LogP contribution in [0.25, 0.3) is 0 Å². The van der Waals surface area contributed by atoms with Gasteiger partial charge in [0, 0.05) is 12.2 Å². The molecule has 0 aliphatic heterocycles. The molecule has 2 aromatic rings. The average molecular weight is 335 g/mol. The molecule has 2 nitrogen and oxygen atoms in total. The fraction of sp³-hybridized carbons (Fsp3) is 0.304. The summed E-state index contributed by atoms with van der Waals surface area (Å²) in [7, 11) is 0. The molecule has 0 aliphatic rings. The number of nitrogens with one attached hydrogen (secondary N) is 1. The van der Waals surface area contributed by atoms with E-state index in [0.29, 0.717) is 0 Å². The maximum atomic E-state index is 8.86. The normalized spacial score (nSPS) is 12.3. The number of rotatable bonds is 9. The third kappa shape index (κ3) is 7.40. The van der Waals surface area contributed by atoms with Crippen molar-refractivity contribution in [1.82, 2.24) is 0 Å². The summed E-state index contributed by atoms with van der Waals surface area (Å²) in [6, 6.07) is 19.2. The van der Waals surface area contributed by atoms with Crippen LogP contribution in [0.5, 0.6) is 0 Å². The highest BCUT2D eigenvalue weighted by Gasteiger charge is 1.97. The van der Waals surface area contributed by atoms with Gasteiger partial charge in [0.2, 0.25) is 0 Å². The van der Waals surface area contributed by atoms with Crippen LogP contribution in [-0.4, -0.2) is 18.3 Å². The molecule has 2 aromatic carbocycles. The monoisotopic (exact) mass is 335 g/mol. The Balaban J connectivity index is 1.78. The van der Waals surface area contributed by atoms with E-state index in [-0.39, 0.29) is 6.61 Å². The predicted molar refractivity (Wildman–Crippen MR) is 108 cm³/mol. The van der Waals surface area contributed by atoms with Gasteiger partial charge in [0.25, 0.3) is 0 Å². The van der Waals surface area contributed by atoms with E-state index in [1.807, 2.05) is 6.08 Å². The second-order valence-electron chi connectivity index (χ2n) is 6.54. The van der Waals surface area contributed by atoms with Gasteiger partial charge in [-0.15, -0.1) is 0 Å². The molecule has 2 heteroatoms. The lowest BCUT2D eigenvalue weighted by Crippen LogP contribution is -2.02. The summed E-state index contributed by atoms with van der Waals surface area (Å²) in [4.78, 5) is 0. The smallest absolute Gasteiger partial charge is 0.0614 e. The highest BCUT2D eigenvalue weighted by atomic mass is 16.2. The van der Waals surface area contributed by atoms with Crippen LogP contribution in [0.2, 0.25) is 0 Å². The molecule has 0 saturated carbocycles. The summed E-state index contributed by atoms with van der Waals surface area (Å²) >= 11 is 0. The topological polar surface area (TPSA) is 32.3 Å². The van der Waals surface area contributed by atoms with Crippen molar-refractivity contribution in [2.75, 3.05) is 18.5 Å². The number of hydrogen-bond donors (Lipinski definition) is 2. The zero-order chi connectivity index (χ0) is 17.9. The summed E-state index contributed by atoms with van der Waals surface area (Å²) in [5.41, 5.74) is 6.40. The highest BCUT2D eigenvalue weighted by Crippen LogP contribution is 2.14. The lowest BCUT2D eigenvalue weighted by atomic mass is 10.0. The van der Waals surface area contributed by atoms with Gasteiger partial charge in [-0.1, -0.05) is 65.8 Å². The first-order valence-corrected chi connectivity index (χ1v) is 8.96. The third-order valence-electron chi connectivity index (χ3n) is 4.25. The average Bonchev–Trinajstić information content (AvgIpc) is 2.62. The van der Waals surface area contributed by atoms with Gasteiger partial charge >= 0.3 is 0 Å². The third-order valence-corrected chi connectivity index (χ3v) is 4.25. The molecular formula is C23H29NO. The van der Waals surface area contributed by atoms with Gasteiger partial charge in [0.05, 0.1) is 6.61 Å². The predicted octanol–water partition coefficient (Wildman–Crippen LogP) is 5.35. The van der Waals surface area contributed by atoms with Gasteiger partial charge < -0.3 is 10.4 Å². The van der Waals surface area contributed by atoms with Crippen LogP contribution in [0.1, 0.15) is 37.8 Å².